The second kappa shape index (κ2) is 15.0. The van der Waals surface area contributed by atoms with Crippen molar-refractivity contribution in [1.82, 2.24) is 0 Å². The summed E-state index contributed by atoms with van der Waals surface area (Å²) < 4.78 is 25.2. The fourth-order valence-electron chi connectivity index (χ4n) is 7.79. The molecular weight excluding hydrogens is 588 g/mol. The summed E-state index contributed by atoms with van der Waals surface area (Å²) in [5, 5.41) is 45.4. The molecule has 0 amide bonds. The first-order chi connectivity index (χ1) is 21.6. The van der Waals surface area contributed by atoms with Crippen molar-refractivity contribution >= 4 is 5.97 Å². The minimum Gasteiger partial charge on any atom is -0.462 e. The topological polar surface area (TPSA) is 135 Å². The summed E-state index contributed by atoms with van der Waals surface area (Å²) in [5.74, 6) is -2.95. The number of hydrogen-bond donors (Lipinski definition) is 4. The average molecular weight is 645 g/mol. The van der Waals surface area contributed by atoms with Crippen molar-refractivity contribution in [2.45, 2.75) is 129 Å². The van der Waals surface area contributed by atoms with Gasteiger partial charge in [0.25, 0.3) is 0 Å². The van der Waals surface area contributed by atoms with Crippen LogP contribution in [-0.2, 0) is 23.7 Å². The van der Waals surface area contributed by atoms with Crippen molar-refractivity contribution in [1.29, 1.82) is 0 Å². The van der Waals surface area contributed by atoms with Gasteiger partial charge in [-0.25, -0.2) is 0 Å². The molecule has 4 N–H and O–H groups in total. The van der Waals surface area contributed by atoms with Crippen molar-refractivity contribution in [3.05, 3.63) is 58.7 Å². The van der Waals surface area contributed by atoms with Crippen molar-refractivity contribution in [2.75, 3.05) is 13.7 Å². The Balaban J connectivity index is 1.78. The number of carbonyl (C=O) groups is 1. The van der Waals surface area contributed by atoms with E-state index in [0.29, 0.717) is 24.3 Å². The second-order valence-corrected chi connectivity index (χ2v) is 14.5. The number of aliphatic hydroxyl groups is 4. The summed E-state index contributed by atoms with van der Waals surface area (Å²) in [7, 11) is 1.43. The fraction of sp³-hybridized carbons (Fsp3) is 0.703. The van der Waals surface area contributed by atoms with Crippen LogP contribution in [0.15, 0.2) is 58.7 Å². The first kappa shape index (κ1) is 36.7. The number of fused-ring (bicyclic) bond motifs is 3. The first-order valence-corrected chi connectivity index (χ1v) is 16.8. The summed E-state index contributed by atoms with van der Waals surface area (Å²) in [6, 6.07) is 0. The fourth-order valence-corrected chi connectivity index (χ4v) is 7.79. The minimum atomic E-state index is -2.19. The molecule has 4 aliphatic rings. The van der Waals surface area contributed by atoms with Crippen molar-refractivity contribution < 1.29 is 44.2 Å². The van der Waals surface area contributed by atoms with Gasteiger partial charge in [-0.2, -0.15) is 0 Å². The SMILES string of the molecule is CO[C@@H]1C(C)=C[C@H]2C(=O)O[C@H]3C[C@@H](C/C=C(\C)C[C@@H](C)/C=C/C=C(\CO)[C@]2(O)[C@@H]1O)O[C@]1(C3)C[C@H](O)[C@H](C)[C@@H](/C(C)=C/C(C)C)O1. The Morgan fingerprint density at radius 1 is 1.15 bits per heavy atom. The summed E-state index contributed by atoms with van der Waals surface area (Å²) in [5.41, 5.74) is 0.655. The van der Waals surface area contributed by atoms with Gasteiger partial charge in [-0.05, 0) is 62.2 Å². The van der Waals surface area contributed by atoms with Crippen LogP contribution in [0.5, 0.6) is 0 Å². The molecule has 9 nitrogen and oxygen atoms in total. The largest absolute Gasteiger partial charge is 0.462 e. The smallest absolute Gasteiger partial charge is 0.316 e. The van der Waals surface area contributed by atoms with Crippen LogP contribution in [-0.4, -0.2) is 88.1 Å². The first-order valence-electron chi connectivity index (χ1n) is 16.8. The molecule has 0 aromatic carbocycles. The zero-order chi connectivity index (χ0) is 34.0. The second-order valence-electron chi connectivity index (χ2n) is 14.5. The van der Waals surface area contributed by atoms with Crippen LogP contribution in [0, 0.1) is 23.7 Å². The van der Waals surface area contributed by atoms with E-state index in [0.717, 1.165) is 12.0 Å². The quantitative estimate of drug-likeness (QED) is 0.254. The van der Waals surface area contributed by atoms with E-state index >= 15 is 0 Å². The molecule has 2 fully saturated rings. The maximum atomic E-state index is 14.1. The molecule has 1 aliphatic carbocycles. The number of allylic oxidation sites excluding steroid dienone is 5. The van der Waals surface area contributed by atoms with Crippen molar-refractivity contribution in [3.63, 3.8) is 0 Å². The zero-order valence-corrected chi connectivity index (χ0v) is 28.8. The molecular formula is C37H56O9. The molecule has 0 radical (unpaired) electrons. The zero-order valence-electron chi connectivity index (χ0n) is 28.8. The molecule has 0 saturated carbocycles. The van der Waals surface area contributed by atoms with Gasteiger partial charge >= 0.3 is 5.97 Å². The lowest BCUT2D eigenvalue weighted by Crippen LogP contribution is -2.61. The van der Waals surface area contributed by atoms with E-state index in [4.69, 9.17) is 18.9 Å². The van der Waals surface area contributed by atoms with Crippen LogP contribution in [0.2, 0.25) is 0 Å². The highest BCUT2D eigenvalue weighted by atomic mass is 16.7. The van der Waals surface area contributed by atoms with E-state index in [1.165, 1.54) is 12.7 Å². The number of rotatable bonds is 4. The Labute approximate surface area is 274 Å². The lowest BCUT2D eigenvalue weighted by atomic mass is 9.69. The lowest BCUT2D eigenvalue weighted by molar-refractivity contribution is -0.343. The van der Waals surface area contributed by atoms with E-state index in [1.54, 1.807) is 25.2 Å². The molecule has 0 aromatic heterocycles. The van der Waals surface area contributed by atoms with Crippen molar-refractivity contribution in [2.24, 2.45) is 23.7 Å². The van der Waals surface area contributed by atoms with E-state index in [1.807, 2.05) is 19.9 Å². The highest BCUT2D eigenvalue weighted by molar-refractivity contribution is 5.78. The summed E-state index contributed by atoms with van der Waals surface area (Å²) >= 11 is 0. The molecule has 11 atom stereocenters. The number of ether oxygens (including phenoxy) is 4. The molecule has 258 valence electrons. The van der Waals surface area contributed by atoms with Gasteiger partial charge in [-0.15, -0.1) is 0 Å². The molecule has 3 heterocycles. The third-order valence-electron chi connectivity index (χ3n) is 10.1. The molecule has 0 aromatic rings. The van der Waals surface area contributed by atoms with Gasteiger partial charge in [-0.3, -0.25) is 4.79 Å². The molecule has 2 saturated heterocycles. The molecule has 4 rings (SSSR count). The van der Waals surface area contributed by atoms with Crippen LogP contribution < -0.4 is 0 Å². The van der Waals surface area contributed by atoms with Gasteiger partial charge in [0, 0.05) is 32.3 Å². The standard InChI is InChI=1S/C37H56O9/c1-21(2)14-24(5)32-26(7)31(39)19-36(46-32)18-29-17-28(45-36)13-12-23(4)15-22(3)10-9-11-27(20-38)37(42)30(35(41)44-29)16-25(6)33(43-8)34(37)40/h9-12,14,16,21-22,26,28-34,38-40,42H,13,15,17-20H2,1-8H3/b10-9+,23-12+,24-14+,27-11+/t22-,26-,28+,29-,30-,31-,32+,33+,34+,36-,37+/m0/s1. The van der Waals surface area contributed by atoms with Gasteiger partial charge in [0.1, 0.15) is 29.8 Å². The van der Waals surface area contributed by atoms with Gasteiger partial charge in [0.15, 0.2) is 5.79 Å². The van der Waals surface area contributed by atoms with Crippen molar-refractivity contribution in [3.8, 4) is 0 Å². The van der Waals surface area contributed by atoms with Crippen LogP contribution in [0.4, 0.5) is 0 Å². The van der Waals surface area contributed by atoms with Gasteiger partial charge < -0.3 is 39.4 Å². The summed E-state index contributed by atoms with van der Waals surface area (Å²) in [6.07, 6.45) is 8.82. The van der Waals surface area contributed by atoms with E-state index < -0.39 is 54.3 Å². The maximum Gasteiger partial charge on any atom is 0.316 e. The molecule has 2 bridgehead atoms. The molecule has 0 unspecified atom stereocenters. The lowest BCUT2D eigenvalue weighted by Gasteiger charge is -2.51. The minimum absolute atomic E-state index is 0.0832. The maximum absolute atomic E-state index is 14.1. The number of methoxy groups -OCH3 is 1. The third-order valence-corrected chi connectivity index (χ3v) is 10.1. The Morgan fingerprint density at radius 3 is 2.52 bits per heavy atom. The highest BCUT2D eigenvalue weighted by Gasteiger charge is 2.57. The van der Waals surface area contributed by atoms with Crippen LogP contribution >= 0.6 is 0 Å². The van der Waals surface area contributed by atoms with E-state index in [-0.39, 0.29) is 42.5 Å². The molecule has 46 heavy (non-hydrogen) atoms. The Hall–Kier alpha value is -2.11. The van der Waals surface area contributed by atoms with Gasteiger partial charge in [0.2, 0.25) is 0 Å². The number of aliphatic hydroxyl groups excluding tert-OH is 3. The monoisotopic (exact) mass is 644 g/mol. The van der Waals surface area contributed by atoms with Gasteiger partial charge in [-0.1, -0.05) is 69.7 Å². The predicted molar refractivity (Wildman–Crippen MR) is 175 cm³/mol. The third kappa shape index (κ3) is 7.78. The van der Waals surface area contributed by atoms with E-state index in [2.05, 4.69) is 39.8 Å². The normalized spacial score (nSPS) is 44.4. The number of carbonyl (C=O) groups excluding carboxylic acids is 1. The number of hydrogen-bond acceptors (Lipinski definition) is 9. The van der Waals surface area contributed by atoms with Crippen LogP contribution in [0.1, 0.15) is 80.6 Å². The molecule has 9 heteroatoms. The van der Waals surface area contributed by atoms with Crippen LogP contribution in [0.3, 0.4) is 0 Å². The number of esters is 1. The van der Waals surface area contributed by atoms with E-state index in [9.17, 15) is 25.2 Å². The van der Waals surface area contributed by atoms with Gasteiger partial charge in [0.05, 0.1) is 24.9 Å². The summed E-state index contributed by atoms with van der Waals surface area (Å²) in [4.78, 5) is 14.1. The highest BCUT2D eigenvalue weighted by Crippen LogP contribution is 2.46. The Morgan fingerprint density at radius 2 is 1.87 bits per heavy atom. The Kier molecular flexibility index (Phi) is 12.0. The Bertz CT molecular complexity index is 1250. The molecule has 3 aliphatic heterocycles. The van der Waals surface area contributed by atoms with Crippen LogP contribution in [0.25, 0.3) is 0 Å². The summed E-state index contributed by atoms with van der Waals surface area (Å²) in [6.45, 7) is 13.5. The average Bonchev–Trinajstić information content (AvgIpc) is 2.97. The predicted octanol–water partition coefficient (Wildman–Crippen LogP) is 4.70. The molecule has 1 spiro atoms.